The molecule has 2 aromatic rings. The zero-order chi connectivity index (χ0) is 22.1. The van der Waals surface area contributed by atoms with Crippen LogP contribution in [0.4, 0.5) is 11.4 Å². The molecule has 1 aliphatic rings. The molecule has 0 bridgehead atoms. The Morgan fingerprint density at radius 2 is 1.87 bits per heavy atom. The summed E-state index contributed by atoms with van der Waals surface area (Å²) in [5.41, 5.74) is 6.01. The molecule has 4 nitrogen and oxygen atoms in total. The number of para-hydroxylation sites is 1. The first kappa shape index (κ1) is 21.4. The number of hydrogen-bond acceptors (Lipinski definition) is 3. The van der Waals surface area contributed by atoms with Gasteiger partial charge in [0.05, 0.1) is 5.54 Å². The van der Waals surface area contributed by atoms with Crippen LogP contribution in [-0.4, -0.2) is 17.5 Å². The van der Waals surface area contributed by atoms with Crippen LogP contribution in [-0.2, 0) is 4.79 Å². The van der Waals surface area contributed by atoms with Crippen molar-refractivity contribution in [3.05, 3.63) is 70.8 Å². The summed E-state index contributed by atoms with van der Waals surface area (Å²) >= 11 is 0. The van der Waals surface area contributed by atoms with Gasteiger partial charge >= 0.3 is 0 Å². The number of benzene rings is 2. The van der Waals surface area contributed by atoms with Crippen molar-refractivity contribution < 1.29 is 4.79 Å². The predicted octanol–water partition coefficient (Wildman–Crippen LogP) is 5.95. The van der Waals surface area contributed by atoms with E-state index in [9.17, 15) is 10.1 Å². The van der Waals surface area contributed by atoms with Crippen LogP contribution in [0, 0.1) is 18.3 Å². The van der Waals surface area contributed by atoms with Crippen molar-refractivity contribution >= 4 is 28.9 Å². The van der Waals surface area contributed by atoms with E-state index >= 15 is 0 Å². The molecule has 154 valence electrons. The van der Waals surface area contributed by atoms with E-state index in [2.05, 4.69) is 63.0 Å². The number of allylic oxidation sites excluding steroid dienone is 1. The smallest absolute Gasteiger partial charge is 0.266 e. The zero-order valence-corrected chi connectivity index (χ0v) is 18.6. The number of fused-ring (bicyclic) bond motifs is 1. The molecule has 0 unspecified atom stereocenters. The maximum absolute atomic E-state index is 12.7. The van der Waals surface area contributed by atoms with Gasteiger partial charge in [0, 0.05) is 23.0 Å². The average Bonchev–Trinajstić information content (AvgIpc) is 2.67. The minimum Gasteiger partial charge on any atom is -0.360 e. The van der Waals surface area contributed by atoms with E-state index in [1.165, 1.54) is 11.3 Å². The van der Waals surface area contributed by atoms with E-state index < -0.39 is 5.91 Å². The molecule has 30 heavy (non-hydrogen) atoms. The Bertz CT molecular complexity index is 1080. The molecule has 2 aromatic carbocycles. The Morgan fingerprint density at radius 1 is 1.17 bits per heavy atom. The van der Waals surface area contributed by atoms with Gasteiger partial charge < -0.3 is 10.2 Å². The summed E-state index contributed by atoms with van der Waals surface area (Å²) in [6.07, 6.45) is 3.93. The van der Waals surface area contributed by atoms with Crippen LogP contribution in [0.15, 0.2) is 54.1 Å². The lowest BCUT2D eigenvalue weighted by molar-refractivity contribution is -0.112. The van der Waals surface area contributed by atoms with E-state index in [1.807, 2.05) is 43.3 Å². The second-order valence-electron chi connectivity index (χ2n) is 8.66. The highest BCUT2D eigenvalue weighted by Crippen LogP contribution is 2.40. The number of anilines is 2. The number of rotatable bonds is 4. The van der Waals surface area contributed by atoms with Crippen molar-refractivity contribution in [2.24, 2.45) is 0 Å². The van der Waals surface area contributed by atoms with E-state index in [0.29, 0.717) is 11.7 Å². The number of hydrogen-bond donors (Lipinski definition) is 1. The van der Waals surface area contributed by atoms with Gasteiger partial charge in [0.25, 0.3) is 5.91 Å². The summed E-state index contributed by atoms with van der Waals surface area (Å²) in [6, 6.07) is 16.0. The Hall–Kier alpha value is -3.32. The molecule has 1 amide bonds. The number of nitrogens with zero attached hydrogens (tertiary/aromatic N) is 2. The van der Waals surface area contributed by atoms with Crippen molar-refractivity contribution in [3.63, 3.8) is 0 Å². The van der Waals surface area contributed by atoms with Gasteiger partial charge in [-0.05, 0) is 82.5 Å². The van der Waals surface area contributed by atoms with E-state index in [4.69, 9.17) is 0 Å². The Kier molecular flexibility index (Phi) is 5.85. The number of aryl methyl sites for hydroxylation is 1. The summed E-state index contributed by atoms with van der Waals surface area (Å²) in [7, 11) is 0. The van der Waals surface area contributed by atoms with Crippen molar-refractivity contribution in [2.45, 2.75) is 53.1 Å². The standard InChI is InChI=1S/C26H29N3O/c1-17(2)29-24-12-11-20(14-22(24)19(4)15-26(29,5)6)13-21(16-27)25(30)28-23-10-8-7-9-18(23)3/h7-15,17H,1-6H3,(H,28,30)/b21-13-. The summed E-state index contributed by atoms with van der Waals surface area (Å²) in [5.74, 6) is -0.401. The SMILES string of the molecule is CC1=CC(C)(C)N(C(C)C)c2ccc(/C=C(/C#N)C(=O)Nc3ccccc3C)cc21. The lowest BCUT2D eigenvalue weighted by Crippen LogP contribution is -2.49. The fraction of sp³-hybridized carbons (Fsp3) is 0.308. The Morgan fingerprint density at radius 3 is 2.50 bits per heavy atom. The maximum Gasteiger partial charge on any atom is 0.266 e. The second kappa shape index (κ2) is 8.20. The van der Waals surface area contributed by atoms with Crippen LogP contribution >= 0.6 is 0 Å². The second-order valence-corrected chi connectivity index (χ2v) is 8.66. The lowest BCUT2D eigenvalue weighted by atomic mass is 9.87. The molecule has 0 radical (unpaired) electrons. The van der Waals surface area contributed by atoms with Crippen molar-refractivity contribution in [1.82, 2.24) is 0 Å². The predicted molar refractivity (Wildman–Crippen MR) is 125 cm³/mol. The molecule has 0 aromatic heterocycles. The monoisotopic (exact) mass is 399 g/mol. The van der Waals surface area contributed by atoms with Gasteiger partial charge in [-0.1, -0.05) is 30.3 Å². The number of carbonyl (C=O) groups is 1. The van der Waals surface area contributed by atoms with Crippen LogP contribution in [0.2, 0.25) is 0 Å². The molecular weight excluding hydrogens is 370 g/mol. The first-order chi connectivity index (χ1) is 14.1. The average molecular weight is 400 g/mol. The fourth-order valence-corrected chi connectivity index (χ4v) is 4.32. The number of carbonyl (C=O) groups excluding carboxylic acids is 1. The molecular formula is C26H29N3O. The van der Waals surface area contributed by atoms with Gasteiger partial charge in [0.2, 0.25) is 0 Å². The van der Waals surface area contributed by atoms with Crippen molar-refractivity contribution in [2.75, 3.05) is 10.2 Å². The van der Waals surface area contributed by atoms with Crippen LogP contribution in [0.25, 0.3) is 11.6 Å². The molecule has 4 heteroatoms. The topological polar surface area (TPSA) is 56.1 Å². The van der Waals surface area contributed by atoms with Crippen LogP contribution in [0.3, 0.4) is 0 Å². The largest absolute Gasteiger partial charge is 0.360 e. The first-order valence-electron chi connectivity index (χ1n) is 10.3. The normalized spacial score (nSPS) is 15.3. The molecule has 1 N–H and O–H groups in total. The molecule has 0 spiro atoms. The number of nitriles is 1. The minimum absolute atomic E-state index is 0.0755. The molecule has 0 aliphatic carbocycles. The molecule has 0 saturated heterocycles. The van der Waals surface area contributed by atoms with Crippen molar-refractivity contribution in [1.29, 1.82) is 5.26 Å². The van der Waals surface area contributed by atoms with Crippen LogP contribution < -0.4 is 10.2 Å². The maximum atomic E-state index is 12.7. The third kappa shape index (κ3) is 4.16. The van der Waals surface area contributed by atoms with Crippen LogP contribution in [0.5, 0.6) is 0 Å². The van der Waals surface area contributed by atoms with E-state index in [-0.39, 0.29) is 11.1 Å². The summed E-state index contributed by atoms with van der Waals surface area (Å²) in [5, 5.41) is 12.4. The highest BCUT2D eigenvalue weighted by molar-refractivity contribution is 6.10. The molecule has 1 heterocycles. The molecule has 0 fully saturated rings. The number of nitrogens with one attached hydrogen (secondary N) is 1. The minimum atomic E-state index is -0.401. The van der Waals surface area contributed by atoms with Crippen molar-refractivity contribution in [3.8, 4) is 6.07 Å². The lowest BCUT2D eigenvalue weighted by Gasteiger charge is -2.46. The Labute approximate surface area is 179 Å². The van der Waals surface area contributed by atoms with E-state index in [0.717, 1.165) is 16.7 Å². The van der Waals surface area contributed by atoms with Gasteiger partial charge in [-0.3, -0.25) is 4.79 Å². The highest BCUT2D eigenvalue weighted by Gasteiger charge is 2.32. The fourth-order valence-electron chi connectivity index (χ4n) is 4.32. The zero-order valence-electron chi connectivity index (χ0n) is 18.6. The number of amides is 1. The van der Waals surface area contributed by atoms with E-state index in [1.54, 1.807) is 6.08 Å². The Balaban J connectivity index is 1.96. The highest BCUT2D eigenvalue weighted by atomic mass is 16.1. The first-order valence-corrected chi connectivity index (χ1v) is 10.3. The molecule has 0 saturated carbocycles. The summed E-state index contributed by atoms with van der Waals surface area (Å²) in [4.78, 5) is 15.1. The van der Waals surface area contributed by atoms with Gasteiger partial charge in [-0.25, -0.2) is 0 Å². The van der Waals surface area contributed by atoms with Gasteiger partial charge in [0.1, 0.15) is 11.6 Å². The molecule has 1 aliphatic heterocycles. The summed E-state index contributed by atoms with van der Waals surface area (Å²) in [6.45, 7) is 12.9. The summed E-state index contributed by atoms with van der Waals surface area (Å²) < 4.78 is 0. The van der Waals surface area contributed by atoms with Gasteiger partial charge in [-0.2, -0.15) is 5.26 Å². The quantitative estimate of drug-likeness (QED) is 0.510. The third-order valence-corrected chi connectivity index (χ3v) is 5.48. The third-order valence-electron chi connectivity index (χ3n) is 5.48. The van der Waals surface area contributed by atoms with Crippen LogP contribution in [0.1, 0.15) is 51.3 Å². The van der Waals surface area contributed by atoms with Gasteiger partial charge in [0.15, 0.2) is 0 Å². The molecule has 0 atom stereocenters. The van der Waals surface area contributed by atoms with Gasteiger partial charge in [-0.15, -0.1) is 0 Å². The molecule has 3 rings (SSSR count).